The van der Waals surface area contributed by atoms with E-state index in [2.05, 4.69) is 4.98 Å². The molecule has 1 amide bonds. The van der Waals surface area contributed by atoms with Gasteiger partial charge in [0.15, 0.2) is 0 Å². The third-order valence-corrected chi connectivity index (χ3v) is 4.85. The first-order chi connectivity index (χ1) is 11.5. The molecule has 0 aliphatic carbocycles. The summed E-state index contributed by atoms with van der Waals surface area (Å²) in [5.74, 6) is -0.0257. The van der Waals surface area contributed by atoms with Crippen LogP contribution in [-0.2, 0) is 17.9 Å². The predicted octanol–water partition coefficient (Wildman–Crippen LogP) is 3.16. The summed E-state index contributed by atoms with van der Waals surface area (Å²) in [6.07, 6.45) is 1.76. The van der Waals surface area contributed by atoms with Crippen LogP contribution in [0.2, 0.25) is 5.02 Å². The monoisotopic (exact) mass is 361 g/mol. The Morgan fingerprint density at radius 1 is 1.29 bits per heavy atom. The fourth-order valence-corrected chi connectivity index (χ4v) is 3.26. The summed E-state index contributed by atoms with van der Waals surface area (Å²) in [7, 11) is 1.75. The van der Waals surface area contributed by atoms with Crippen LogP contribution in [-0.4, -0.2) is 27.4 Å². The summed E-state index contributed by atoms with van der Waals surface area (Å²) in [5, 5.41) is 3.11. The molecule has 0 unspecified atom stereocenters. The molecule has 124 valence electrons. The second kappa shape index (κ2) is 7.15. The highest BCUT2D eigenvalue weighted by atomic mass is 35.5. The predicted molar refractivity (Wildman–Crippen MR) is 96.4 cm³/mol. The quantitative estimate of drug-likeness (QED) is 0.701. The largest absolute Gasteiger partial charge is 0.341 e. The van der Waals surface area contributed by atoms with E-state index >= 15 is 0 Å². The van der Waals surface area contributed by atoms with Gasteiger partial charge in [-0.2, -0.15) is 0 Å². The van der Waals surface area contributed by atoms with E-state index in [1.807, 2.05) is 17.5 Å². The molecule has 0 N–H and O–H groups in total. The number of hydrogen-bond donors (Lipinski definition) is 0. The molecule has 2 heterocycles. The molecule has 0 aliphatic rings. The number of fused-ring (bicyclic) bond motifs is 1. The van der Waals surface area contributed by atoms with Crippen molar-refractivity contribution in [1.82, 2.24) is 14.5 Å². The zero-order chi connectivity index (χ0) is 17.1. The molecular weight excluding hydrogens is 346 g/mol. The van der Waals surface area contributed by atoms with Crippen LogP contribution in [0.4, 0.5) is 0 Å². The van der Waals surface area contributed by atoms with Gasteiger partial charge in [-0.15, -0.1) is 11.3 Å². The highest BCUT2D eigenvalue weighted by molar-refractivity contribution is 7.16. The molecule has 1 aromatic carbocycles. The topological polar surface area (TPSA) is 55.2 Å². The first-order valence-electron chi connectivity index (χ1n) is 7.45. The number of thiophene rings is 1. The van der Waals surface area contributed by atoms with E-state index in [0.717, 1.165) is 10.4 Å². The summed E-state index contributed by atoms with van der Waals surface area (Å²) in [5.41, 5.74) is 0.906. The molecule has 24 heavy (non-hydrogen) atoms. The number of amides is 1. The van der Waals surface area contributed by atoms with Crippen molar-refractivity contribution in [2.24, 2.45) is 0 Å². The Morgan fingerprint density at radius 3 is 2.79 bits per heavy atom. The highest BCUT2D eigenvalue weighted by Crippen LogP contribution is 2.14. The molecule has 5 nitrogen and oxygen atoms in total. The van der Waals surface area contributed by atoms with Gasteiger partial charge < -0.3 is 4.90 Å². The smallest absolute Gasteiger partial charge is 0.262 e. The molecular formula is C17H16ClN3O2S. The molecule has 0 saturated heterocycles. The van der Waals surface area contributed by atoms with Crippen LogP contribution in [0.3, 0.4) is 0 Å². The van der Waals surface area contributed by atoms with Crippen LogP contribution < -0.4 is 5.56 Å². The van der Waals surface area contributed by atoms with Gasteiger partial charge in [-0.05, 0) is 29.1 Å². The molecule has 0 aliphatic heterocycles. The van der Waals surface area contributed by atoms with E-state index in [-0.39, 0.29) is 17.9 Å². The number of rotatable bonds is 5. The van der Waals surface area contributed by atoms with Crippen LogP contribution in [0, 0.1) is 0 Å². The second-order valence-electron chi connectivity index (χ2n) is 5.51. The van der Waals surface area contributed by atoms with E-state index in [9.17, 15) is 9.59 Å². The van der Waals surface area contributed by atoms with Gasteiger partial charge in [0.2, 0.25) is 5.91 Å². The van der Waals surface area contributed by atoms with E-state index < -0.39 is 0 Å². The van der Waals surface area contributed by atoms with Crippen LogP contribution >= 0.6 is 22.9 Å². The lowest BCUT2D eigenvalue weighted by atomic mass is 10.2. The molecule has 3 rings (SSSR count). The minimum atomic E-state index is -0.102. The molecule has 0 spiro atoms. The summed E-state index contributed by atoms with van der Waals surface area (Å²) in [6, 6.07) is 9.16. The number of carbonyl (C=O) groups is 1. The van der Waals surface area contributed by atoms with Gasteiger partial charge in [0.25, 0.3) is 5.56 Å². The Morgan fingerprint density at radius 2 is 2.04 bits per heavy atom. The van der Waals surface area contributed by atoms with E-state index in [4.69, 9.17) is 11.6 Å². The SMILES string of the molecule is CN(Cc1ccc(Cl)cc1)C(=O)CCn1cnc2sccc2c1=O. The summed E-state index contributed by atoms with van der Waals surface area (Å²) in [4.78, 5) is 31.2. The van der Waals surface area contributed by atoms with Gasteiger partial charge >= 0.3 is 0 Å². The van der Waals surface area contributed by atoms with Gasteiger partial charge in [0.1, 0.15) is 4.83 Å². The molecule has 7 heteroatoms. The van der Waals surface area contributed by atoms with Crippen molar-refractivity contribution in [3.63, 3.8) is 0 Å². The Bertz CT molecular complexity index is 917. The van der Waals surface area contributed by atoms with E-state index in [1.165, 1.54) is 22.2 Å². The summed E-state index contributed by atoms with van der Waals surface area (Å²) in [6.45, 7) is 0.828. The van der Waals surface area contributed by atoms with E-state index in [0.29, 0.717) is 23.5 Å². The number of nitrogens with zero attached hydrogens (tertiary/aromatic N) is 3. The van der Waals surface area contributed by atoms with Gasteiger partial charge in [-0.1, -0.05) is 23.7 Å². The van der Waals surface area contributed by atoms with Gasteiger partial charge in [0, 0.05) is 31.6 Å². The third kappa shape index (κ3) is 3.66. The Labute approximate surface area is 148 Å². The van der Waals surface area contributed by atoms with Crippen molar-refractivity contribution in [2.45, 2.75) is 19.5 Å². The Hall–Kier alpha value is -2.18. The number of benzene rings is 1. The third-order valence-electron chi connectivity index (χ3n) is 3.78. The van der Waals surface area contributed by atoms with Crippen molar-refractivity contribution in [3.8, 4) is 0 Å². The van der Waals surface area contributed by atoms with Crippen LogP contribution in [0.15, 0.2) is 46.8 Å². The molecule has 2 aromatic heterocycles. The van der Waals surface area contributed by atoms with Crippen LogP contribution in [0.25, 0.3) is 10.2 Å². The lowest BCUT2D eigenvalue weighted by Crippen LogP contribution is -2.29. The number of hydrogen-bond acceptors (Lipinski definition) is 4. The van der Waals surface area contributed by atoms with Crippen molar-refractivity contribution in [2.75, 3.05) is 7.05 Å². The van der Waals surface area contributed by atoms with Gasteiger partial charge in [0.05, 0.1) is 11.7 Å². The fraction of sp³-hybridized carbons (Fsp3) is 0.235. The van der Waals surface area contributed by atoms with Crippen LogP contribution in [0.1, 0.15) is 12.0 Å². The summed E-state index contributed by atoms with van der Waals surface area (Å²) < 4.78 is 1.49. The maximum Gasteiger partial charge on any atom is 0.262 e. The van der Waals surface area contributed by atoms with Crippen molar-refractivity contribution in [1.29, 1.82) is 0 Å². The maximum absolute atomic E-state index is 12.3. The Kier molecular flexibility index (Phi) is 4.97. The van der Waals surface area contributed by atoms with E-state index in [1.54, 1.807) is 30.1 Å². The molecule has 3 aromatic rings. The van der Waals surface area contributed by atoms with Gasteiger partial charge in [-0.25, -0.2) is 4.98 Å². The molecule has 0 radical (unpaired) electrons. The molecule has 0 saturated carbocycles. The van der Waals surface area contributed by atoms with Crippen molar-refractivity contribution >= 4 is 39.1 Å². The number of carbonyl (C=O) groups excluding carboxylic acids is 1. The molecule has 0 atom stereocenters. The fourth-order valence-electron chi connectivity index (χ4n) is 2.41. The average molecular weight is 362 g/mol. The molecule has 0 fully saturated rings. The maximum atomic E-state index is 12.3. The van der Waals surface area contributed by atoms with Crippen LogP contribution in [0.5, 0.6) is 0 Å². The van der Waals surface area contributed by atoms with Crippen molar-refractivity contribution < 1.29 is 4.79 Å². The number of halogens is 1. The lowest BCUT2D eigenvalue weighted by molar-refractivity contribution is -0.130. The minimum absolute atomic E-state index is 0.0257. The normalized spacial score (nSPS) is 10.9. The Balaban J connectivity index is 1.62. The van der Waals surface area contributed by atoms with Crippen molar-refractivity contribution in [3.05, 3.63) is 63.0 Å². The first-order valence-corrected chi connectivity index (χ1v) is 8.71. The minimum Gasteiger partial charge on any atom is -0.341 e. The average Bonchev–Trinajstić information content (AvgIpc) is 3.05. The zero-order valence-electron chi connectivity index (χ0n) is 13.1. The summed E-state index contributed by atoms with van der Waals surface area (Å²) >= 11 is 7.29. The highest BCUT2D eigenvalue weighted by Gasteiger charge is 2.11. The first kappa shape index (κ1) is 16.7. The lowest BCUT2D eigenvalue weighted by Gasteiger charge is -2.17. The number of aromatic nitrogens is 2. The number of aryl methyl sites for hydroxylation is 1. The molecule has 0 bridgehead atoms. The van der Waals surface area contributed by atoms with Gasteiger partial charge in [-0.3, -0.25) is 14.2 Å². The zero-order valence-corrected chi connectivity index (χ0v) is 14.7. The standard InChI is InChI=1S/C17H16ClN3O2S/c1-20(10-12-2-4-13(18)5-3-12)15(22)6-8-21-11-19-16-14(17(21)23)7-9-24-16/h2-5,7,9,11H,6,8,10H2,1H3. The second-order valence-corrected chi connectivity index (χ2v) is 6.84.